The molecule has 0 bridgehead atoms. The van der Waals surface area contributed by atoms with Crippen LogP contribution in [0.3, 0.4) is 0 Å². The minimum absolute atomic E-state index is 0.131. The Hall–Kier alpha value is -3.93. The third-order valence-corrected chi connectivity index (χ3v) is 4.60. The van der Waals surface area contributed by atoms with E-state index >= 15 is 0 Å². The lowest BCUT2D eigenvalue weighted by atomic mass is 10.1. The number of nitrogens with one attached hydrogen (secondary N) is 2. The molecule has 0 radical (unpaired) electrons. The van der Waals surface area contributed by atoms with Gasteiger partial charge in [-0.25, -0.2) is 4.98 Å². The van der Waals surface area contributed by atoms with Crippen molar-refractivity contribution in [2.75, 3.05) is 11.9 Å². The number of para-hydroxylation sites is 2. The van der Waals surface area contributed by atoms with Crippen LogP contribution in [-0.4, -0.2) is 27.9 Å². The number of amides is 2. The number of hydrogen-bond donors (Lipinski definition) is 2. The standard InChI is InChI=1S/C23H20N4O2/c1-2-24-22(28)16-7-11-18(12-8-16)26-23(29)17-9-13-19(14-10-17)27-15-25-20-5-3-4-6-21(20)27/h3-15H,2H2,1H3,(H,24,28)(H,26,29). The van der Waals surface area contributed by atoms with Crippen LogP contribution >= 0.6 is 0 Å². The lowest BCUT2D eigenvalue weighted by Crippen LogP contribution is -2.22. The van der Waals surface area contributed by atoms with E-state index in [-0.39, 0.29) is 11.8 Å². The Bertz CT molecular complexity index is 1160. The van der Waals surface area contributed by atoms with Gasteiger partial charge >= 0.3 is 0 Å². The van der Waals surface area contributed by atoms with Crippen LogP contribution in [0.4, 0.5) is 5.69 Å². The molecule has 4 aromatic rings. The summed E-state index contributed by atoms with van der Waals surface area (Å²) in [5.74, 6) is -0.342. The molecule has 0 spiro atoms. The molecule has 0 aliphatic carbocycles. The maximum absolute atomic E-state index is 12.5. The molecule has 0 fully saturated rings. The van der Waals surface area contributed by atoms with Gasteiger partial charge in [0.05, 0.1) is 11.0 Å². The van der Waals surface area contributed by atoms with Crippen molar-refractivity contribution in [3.8, 4) is 5.69 Å². The first-order valence-electron chi connectivity index (χ1n) is 9.38. The van der Waals surface area contributed by atoms with E-state index in [1.54, 1.807) is 42.7 Å². The molecule has 1 aromatic heterocycles. The third-order valence-electron chi connectivity index (χ3n) is 4.60. The average Bonchev–Trinajstić information content (AvgIpc) is 3.19. The summed E-state index contributed by atoms with van der Waals surface area (Å²) in [4.78, 5) is 28.7. The summed E-state index contributed by atoms with van der Waals surface area (Å²) in [7, 11) is 0. The number of carbonyl (C=O) groups is 2. The molecule has 1 heterocycles. The molecular weight excluding hydrogens is 364 g/mol. The van der Waals surface area contributed by atoms with E-state index in [9.17, 15) is 9.59 Å². The maximum Gasteiger partial charge on any atom is 0.255 e. The smallest absolute Gasteiger partial charge is 0.255 e. The van der Waals surface area contributed by atoms with Crippen molar-refractivity contribution in [2.24, 2.45) is 0 Å². The normalized spacial score (nSPS) is 10.7. The quantitative estimate of drug-likeness (QED) is 0.545. The Morgan fingerprint density at radius 3 is 2.24 bits per heavy atom. The van der Waals surface area contributed by atoms with Crippen molar-refractivity contribution in [1.29, 1.82) is 0 Å². The van der Waals surface area contributed by atoms with Crippen LogP contribution in [0.2, 0.25) is 0 Å². The van der Waals surface area contributed by atoms with Crippen molar-refractivity contribution in [3.05, 3.63) is 90.3 Å². The molecule has 0 saturated heterocycles. The van der Waals surface area contributed by atoms with E-state index in [0.717, 1.165) is 16.7 Å². The van der Waals surface area contributed by atoms with Gasteiger partial charge in [-0.2, -0.15) is 0 Å². The fraction of sp³-hybridized carbons (Fsp3) is 0.0870. The van der Waals surface area contributed by atoms with E-state index in [0.29, 0.717) is 23.4 Å². The summed E-state index contributed by atoms with van der Waals surface area (Å²) in [6.07, 6.45) is 1.77. The third kappa shape index (κ3) is 3.87. The lowest BCUT2D eigenvalue weighted by molar-refractivity contribution is 0.0955. The predicted octanol–water partition coefficient (Wildman–Crippen LogP) is 4.03. The molecular formula is C23H20N4O2. The molecule has 4 rings (SSSR count). The fourth-order valence-electron chi connectivity index (χ4n) is 3.11. The van der Waals surface area contributed by atoms with E-state index in [4.69, 9.17) is 0 Å². The van der Waals surface area contributed by atoms with E-state index in [1.807, 2.05) is 47.9 Å². The number of imidazole rings is 1. The molecule has 0 aliphatic heterocycles. The van der Waals surface area contributed by atoms with E-state index < -0.39 is 0 Å². The number of carbonyl (C=O) groups excluding carboxylic acids is 2. The van der Waals surface area contributed by atoms with Gasteiger partial charge in [0.15, 0.2) is 0 Å². The van der Waals surface area contributed by atoms with Gasteiger partial charge < -0.3 is 10.6 Å². The summed E-state index contributed by atoms with van der Waals surface area (Å²) in [5.41, 5.74) is 4.60. The van der Waals surface area contributed by atoms with Gasteiger partial charge in [0.25, 0.3) is 11.8 Å². The summed E-state index contributed by atoms with van der Waals surface area (Å²) >= 11 is 0. The van der Waals surface area contributed by atoms with Crippen molar-refractivity contribution in [3.63, 3.8) is 0 Å². The largest absolute Gasteiger partial charge is 0.352 e. The molecule has 2 N–H and O–H groups in total. The molecule has 0 atom stereocenters. The SMILES string of the molecule is CCNC(=O)c1ccc(NC(=O)c2ccc(-n3cnc4ccccc43)cc2)cc1. The first-order valence-corrected chi connectivity index (χ1v) is 9.38. The minimum atomic E-state index is -0.210. The Balaban J connectivity index is 1.48. The number of benzene rings is 3. The zero-order chi connectivity index (χ0) is 20.2. The zero-order valence-electron chi connectivity index (χ0n) is 15.9. The van der Waals surface area contributed by atoms with Gasteiger partial charge in [0.2, 0.25) is 0 Å². The van der Waals surface area contributed by atoms with Crippen molar-refractivity contribution >= 4 is 28.5 Å². The molecule has 2 amide bonds. The summed E-state index contributed by atoms with van der Waals surface area (Å²) in [6.45, 7) is 2.44. The molecule has 0 saturated carbocycles. The highest BCUT2D eigenvalue weighted by Gasteiger charge is 2.09. The summed E-state index contributed by atoms with van der Waals surface area (Å²) < 4.78 is 1.98. The fourth-order valence-corrected chi connectivity index (χ4v) is 3.11. The number of fused-ring (bicyclic) bond motifs is 1. The highest BCUT2D eigenvalue weighted by Crippen LogP contribution is 2.19. The Morgan fingerprint density at radius 2 is 1.52 bits per heavy atom. The molecule has 6 nitrogen and oxygen atoms in total. The number of aromatic nitrogens is 2. The first kappa shape index (κ1) is 18.4. The molecule has 6 heteroatoms. The highest BCUT2D eigenvalue weighted by atomic mass is 16.2. The minimum Gasteiger partial charge on any atom is -0.352 e. The first-order chi connectivity index (χ1) is 14.2. The number of anilines is 1. The Morgan fingerprint density at radius 1 is 0.862 bits per heavy atom. The van der Waals surface area contributed by atoms with Crippen LogP contribution < -0.4 is 10.6 Å². The van der Waals surface area contributed by atoms with Gasteiger partial charge in [-0.3, -0.25) is 14.2 Å². The van der Waals surface area contributed by atoms with Crippen molar-refractivity contribution < 1.29 is 9.59 Å². The second kappa shape index (κ2) is 7.98. The molecule has 0 unspecified atom stereocenters. The molecule has 0 aliphatic rings. The maximum atomic E-state index is 12.5. The van der Waals surface area contributed by atoms with Crippen LogP contribution in [0.5, 0.6) is 0 Å². The predicted molar refractivity (Wildman–Crippen MR) is 113 cm³/mol. The van der Waals surface area contributed by atoms with Crippen LogP contribution in [0, 0.1) is 0 Å². The Labute approximate surface area is 168 Å². The monoisotopic (exact) mass is 384 g/mol. The molecule has 3 aromatic carbocycles. The lowest BCUT2D eigenvalue weighted by Gasteiger charge is -2.08. The van der Waals surface area contributed by atoms with Gasteiger partial charge in [0.1, 0.15) is 6.33 Å². The second-order valence-electron chi connectivity index (χ2n) is 6.54. The van der Waals surface area contributed by atoms with Crippen LogP contribution in [0.15, 0.2) is 79.1 Å². The number of nitrogens with zero attached hydrogens (tertiary/aromatic N) is 2. The van der Waals surface area contributed by atoms with Gasteiger partial charge in [-0.1, -0.05) is 12.1 Å². The van der Waals surface area contributed by atoms with Crippen LogP contribution in [0.25, 0.3) is 16.7 Å². The zero-order valence-corrected chi connectivity index (χ0v) is 15.9. The van der Waals surface area contributed by atoms with Gasteiger partial charge in [-0.05, 0) is 67.6 Å². The summed E-state index contributed by atoms with van der Waals surface area (Å²) in [6, 6.07) is 22.0. The van der Waals surface area contributed by atoms with Crippen molar-refractivity contribution in [2.45, 2.75) is 6.92 Å². The average molecular weight is 384 g/mol. The highest BCUT2D eigenvalue weighted by molar-refractivity contribution is 6.04. The topological polar surface area (TPSA) is 76.0 Å². The van der Waals surface area contributed by atoms with E-state index in [1.165, 1.54) is 0 Å². The van der Waals surface area contributed by atoms with Crippen LogP contribution in [0.1, 0.15) is 27.6 Å². The number of rotatable bonds is 5. The van der Waals surface area contributed by atoms with Crippen molar-refractivity contribution in [1.82, 2.24) is 14.9 Å². The molecule has 144 valence electrons. The Kier molecular flexibility index (Phi) is 5.07. The van der Waals surface area contributed by atoms with E-state index in [2.05, 4.69) is 15.6 Å². The summed E-state index contributed by atoms with van der Waals surface area (Å²) in [5, 5.41) is 5.59. The van der Waals surface area contributed by atoms with Gasteiger partial charge in [-0.15, -0.1) is 0 Å². The van der Waals surface area contributed by atoms with Crippen LogP contribution in [-0.2, 0) is 0 Å². The molecule has 29 heavy (non-hydrogen) atoms. The van der Waals surface area contributed by atoms with Gasteiger partial charge in [0, 0.05) is 29.0 Å². The second-order valence-corrected chi connectivity index (χ2v) is 6.54. The number of hydrogen-bond acceptors (Lipinski definition) is 3.